The number of aliphatic imine (C=N–C) groups is 1. The number of benzene rings is 1. The zero-order chi connectivity index (χ0) is 13.8. The van der Waals surface area contributed by atoms with Gasteiger partial charge in [0.2, 0.25) is 0 Å². The molecule has 0 saturated heterocycles. The first-order valence-corrected chi connectivity index (χ1v) is 6.21. The summed E-state index contributed by atoms with van der Waals surface area (Å²) in [7, 11) is 5.94. The van der Waals surface area contributed by atoms with E-state index in [1.165, 1.54) is 0 Å². The molecule has 1 N–H and O–H groups in total. The fraction of sp³-hybridized carbons (Fsp3) is 0.188. The number of phenolic OH excluding ortho intramolecular Hbond substituents is 1. The lowest BCUT2D eigenvalue weighted by Crippen LogP contribution is -1.89. The second-order valence-corrected chi connectivity index (χ2v) is 4.72. The highest BCUT2D eigenvalue weighted by atomic mass is 16.3. The molecule has 3 heteroatoms. The molecule has 0 amide bonds. The minimum Gasteiger partial charge on any atom is -0.507 e. The van der Waals surface area contributed by atoms with Gasteiger partial charge in [0.1, 0.15) is 13.6 Å². The highest BCUT2D eigenvalue weighted by Crippen LogP contribution is 2.28. The molecule has 0 fully saturated rings. The van der Waals surface area contributed by atoms with Gasteiger partial charge in [-0.2, -0.15) is 0 Å². The van der Waals surface area contributed by atoms with Gasteiger partial charge >= 0.3 is 0 Å². The van der Waals surface area contributed by atoms with E-state index >= 15 is 0 Å². The van der Waals surface area contributed by atoms with E-state index in [9.17, 15) is 5.11 Å². The average molecular weight is 249 g/mol. The van der Waals surface area contributed by atoms with Crippen molar-refractivity contribution in [1.82, 2.24) is 0 Å². The number of phenols is 1. The Kier molecular flexibility index (Phi) is 4.05. The summed E-state index contributed by atoms with van der Waals surface area (Å²) >= 11 is 0. The normalized spacial score (nSPS) is 21.8. The Hall–Kier alpha value is -2.03. The van der Waals surface area contributed by atoms with Crippen LogP contribution < -0.4 is 0 Å². The van der Waals surface area contributed by atoms with Gasteiger partial charge in [-0.1, -0.05) is 47.0 Å². The molecular formula is C16H16BNO. The number of rotatable bonds is 1. The van der Waals surface area contributed by atoms with Crippen LogP contribution in [0.15, 0.2) is 58.0 Å². The molecule has 0 saturated carbocycles. The van der Waals surface area contributed by atoms with Gasteiger partial charge in [0.15, 0.2) is 0 Å². The maximum absolute atomic E-state index is 9.98. The molecule has 1 aliphatic heterocycles. The van der Waals surface area contributed by atoms with E-state index in [0.717, 1.165) is 22.3 Å². The first kappa shape index (κ1) is 13.4. The lowest BCUT2D eigenvalue weighted by Gasteiger charge is -2.07. The van der Waals surface area contributed by atoms with E-state index in [2.05, 4.69) is 4.99 Å². The second-order valence-electron chi connectivity index (χ2n) is 4.72. The van der Waals surface area contributed by atoms with Crippen LogP contribution in [0.5, 0.6) is 5.75 Å². The van der Waals surface area contributed by atoms with Crippen molar-refractivity contribution >= 4 is 19.6 Å². The number of nitrogens with zero attached hydrogens (tertiary/aromatic N) is 1. The van der Waals surface area contributed by atoms with Crippen molar-refractivity contribution in [2.75, 3.05) is 6.54 Å². The summed E-state index contributed by atoms with van der Waals surface area (Å²) in [5.41, 5.74) is 4.45. The summed E-state index contributed by atoms with van der Waals surface area (Å²) in [6.45, 7) is 4.57. The van der Waals surface area contributed by atoms with E-state index in [-0.39, 0.29) is 5.75 Å². The number of aromatic hydroxyl groups is 1. The molecule has 0 aliphatic carbocycles. The van der Waals surface area contributed by atoms with Crippen LogP contribution >= 0.6 is 0 Å². The second kappa shape index (κ2) is 5.74. The van der Waals surface area contributed by atoms with E-state index in [0.29, 0.717) is 12.0 Å². The first-order chi connectivity index (χ1) is 9.08. The number of hydrogen-bond donors (Lipinski definition) is 1. The summed E-state index contributed by atoms with van der Waals surface area (Å²) in [4.78, 5) is 4.28. The third-order valence-electron chi connectivity index (χ3n) is 3.02. The van der Waals surface area contributed by atoms with Crippen molar-refractivity contribution < 1.29 is 5.11 Å². The summed E-state index contributed by atoms with van der Waals surface area (Å²) in [6.07, 6.45) is 5.71. The lowest BCUT2D eigenvalue weighted by molar-refractivity contribution is 0.473. The number of para-hydroxylation sites is 1. The lowest BCUT2D eigenvalue weighted by atomic mass is 9.90. The molecule has 2 radical (unpaired) electrons. The zero-order valence-corrected chi connectivity index (χ0v) is 11.2. The Morgan fingerprint density at radius 1 is 1.16 bits per heavy atom. The number of allylic oxidation sites excluding steroid dienone is 5. The van der Waals surface area contributed by atoms with Gasteiger partial charge in [0.05, 0.1) is 6.54 Å². The standard InChI is InChI=1S/C16H16BNO/c1-11-7-13(14-5-3-4-6-16(14)19)8-12(2)15(17)10-18-9-11/h3-8,10,19H,9H2,1-2H3/b11-7-,13-8+,15-12?,18-10?. The van der Waals surface area contributed by atoms with Crippen LogP contribution in [-0.2, 0) is 0 Å². The van der Waals surface area contributed by atoms with E-state index in [4.69, 9.17) is 7.85 Å². The zero-order valence-electron chi connectivity index (χ0n) is 11.2. The summed E-state index contributed by atoms with van der Waals surface area (Å²) in [6, 6.07) is 7.30. The Balaban J connectivity index is 2.58. The smallest absolute Gasteiger partial charge is 0.123 e. The van der Waals surface area contributed by atoms with Crippen molar-refractivity contribution in [3.8, 4) is 5.75 Å². The summed E-state index contributed by atoms with van der Waals surface area (Å²) < 4.78 is 0. The molecule has 0 aromatic heterocycles. The minimum atomic E-state index is 0.268. The molecule has 1 aromatic carbocycles. The molecule has 19 heavy (non-hydrogen) atoms. The minimum absolute atomic E-state index is 0.268. The monoisotopic (exact) mass is 249 g/mol. The SMILES string of the molecule is [B]C1=C(C)/C=C(c2ccccc2O)\C=C(\C)CN=C1. The topological polar surface area (TPSA) is 32.6 Å². The maximum Gasteiger partial charge on any atom is 0.123 e. The predicted molar refractivity (Wildman–Crippen MR) is 81.7 cm³/mol. The quantitative estimate of drug-likeness (QED) is 0.761. The highest BCUT2D eigenvalue weighted by molar-refractivity contribution is 6.33. The van der Waals surface area contributed by atoms with E-state index in [1.54, 1.807) is 12.3 Å². The molecule has 94 valence electrons. The molecule has 0 bridgehead atoms. The Labute approximate surface area is 115 Å². The summed E-state index contributed by atoms with van der Waals surface area (Å²) in [5, 5.41) is 9.98. The summed E-state index contributed by atoms with van der Waals surface area (Å²) in [5.74, 6) is 0.268. The van der Waals surface area contributed by atoms with Crippen LogP contribution in [0.2, 0.25) is 0 Å². The fourth-order valence-electron chi connectivity index (χ4n) is 1.93. The van der Waals surface area contributed by atoms with Crippen LogP contribution in [0, 0.1) is 0 Å². The van der Waals surface area contributed by atoms with Crippen molar-refractivity contribution in [1.29, 1.82) is 0 Å². The van der Waals surface area contributed by atoms with Gasteiger partial charge in [0.25, 0.3) is 0 Å². The van der Waals surface area contributed by atoms with Crippen LogP contribution in [-0.4, -0.2) is 25.7 Å². The Morgan fingerprint density at radius 3 is 2.63 bits per heavy atom. The van der Waals surface area contributed by atoms with Crippen LogP contribution in [0.1, 0.15) is 19.4 Å². The van der Waals surface area contributed by atoms with E-state index in [1.807, 2.05) is 44.2 Å². The van der Waals surface area contributed by atoms with Crippen molar-refractivity contribution in [3.63, 3.8) is 0 Å². The van der Waals surface area contributed by atoms with Crippen LogP contribution in [0.4, 0.5) is 0 Å². The molecule has 1 aromatic rings. The van der Waals surface area contributed by atoms with Gasteiger partial charge in [-0.05, 0) is 25.5 Å². The Bertz CT molecular complexity index is 609. The van der Waals surface area contributed by atoms with Gasteiger partial charge < -0.3 is 5.11 Å². The maximum atomic E-state index is 9.98. The molecule has 2 rings (SSSR count). The van der Waals surface area contributed by atoms with E-state index < -0.39 is 0 Å². The van der Waals surface area contributed by atoms with Gasteiger partial charge in [-0.25, -0.2) is 0 Å². The van der Waals surface area contributed by atoms with Crippen molar-refractivity contribution in [2.24, 2.45) is 4.99 Å². The largest absolute Gasteiger partial charge is 0.507 e. The van der Waals surface area contributed by atoms with Crippen molar-refractivity contribution in [3.05, 3.63) is 58.6 Å². The Morgan fingerprint density at radius 2 is 1.89 bits per heavy atom. The van der Waals surface area contributed by atoms with Gasteiger partial charge in [-0.3, -0.25) is 4.99 Å². The van der Waals surface area contributed by atoms with Gasteiger partial charge in [-0.15, -0.1) is 0 Å². The van der Waals surface area contributed by atoms with Crippen molar-refractivity contribution in [2.45, 2.75) is 13.8 Å². The highest BCUT2D eigenvalue weighted by Gasteiger charge is 2.06. The van der Waals surface area contributed by atoms with Crippen LogP contribution in [0.3, 0.4) is 0 Å². The third kappa shape index (κ3) is 3.25. The molecule has 0 unspecified atom stereocenters. The first-order valence-electron chi connectivity index (χ1n) is 6.21. The molecule has 1 aliphatic rings. The number of hydrogen-bond acceptors (Lipinski definition) is 2. The molecule has 1 heterocycles. The predicted octanol–water partition coefficient (Wildman–Crippen LogP) is 3.25. The van der Waals surface area contributed by atoms with Crippen LogP contribution in [0.25, 0.3) is 5.57 Å². The molecule has 2 nitrogen and oxygen atoms in total. The molecule has 0 spiro atoms. The molecule has 0 atom stereocenters. The van der Waals surface area contributed by atoms with Gasteiger partial charge in [0, 0.05) is 11.8 Å². The fourth-order valence-corrected chi connectivity index (χ4v) is 1.93. The average Bonchev–Trinajstić information content (AvgIpc) is 2.43. The third-order valence-corrected chi connectivity index (χ3v) is 3.02. The molecular weight excluding hydrogens is 233 g/mol.